The van der Waals surface area contributed by atoms with Gasteiger partial charge in [-0.2, -0.15) is 9.59 Å². The lowest BCUT2D eigenvalue weighted by molar-refractivity contribution is -0.192. The van der Waals surface area contributed by atoms with Crippen LogP contribution in [0.5, 0.6) is 11.5 Å². The number of carbonyl (C=O) groups excluding carboxylic acids is 9. The number of para-hydroxylation sites is 2. The van der Waals surface area contributed by atoms with Crippen LogP contribution in [0.25, 0.3) is 0 Å². The van der Waals surface area contributed by atoms with Crippen LogP contribution in [0.15, 0.2) is 267 Å². The van der Waals surface area contributed by atoms with E-state index in [0.717, 1.165) is 141 Å². The minimum Gasteiger partial charge on any atom is -0.507 e. The summed E-state index contributed by atoms with van der Waals surface area (Å²) in [6.45, 7) is 28.3. The Balaban J connectivity index is -0.000000539. The molecular formula is C112H165N3O16. The molecule has 3 unspecified atom stereocenters. The van der Waals surface area contributed by atoms with Crippen molar-refractivity contribution in [1.82, 2.24) is 10.6 Å². The van der Waals surface area contributed by atoms with Crippen LogP contribution in [0.1, 0.15) is 298 Å². The van der Waals surface area contributed by atoms with E-state index in [0.29, 0.717) is 75.8 Å². The zero-order chi connectivity index (χ0) is 99.2. The first-order chi connectivity index (χ1) is 63.8. The SMILES string of the molecule is CC(C)CC(N)C(=O)O.CC/C=C\C/C=C\C/C=C\C/C=C\C/C=C\C/C=C\CCC(=O)CC(CC(C)C)C(=O)Oc1ccccc1C(=O)OCC.CC/C=C\C/C=C\C/C=C\C/C=C\C/C=C\C/C=C\CCC(=O)NC(COC=O)CC(C)C.CC/C=C\C/C=C\C/C=C\C/C=C\C/C=C\C/C=C\CCC(=O)NCCC(C)C.CCOC(=O)c1ccccc1O.O=C=O.[2H]C#C. The predicted octanol–water partition coefficient (Wildman–Crippen LogP) is 26.3. The number of rotatable bonds is 64. The van der Waals surface area contributed by atoms with Crippen LogP contribution in [-0.2, 0) is 52.6 Å². The number of esters is 3. The summed E-state index contributed by atoms with van der Waals surface area (Å²) in [7, 11) is 0. The van der Waals surface area contributed by atoms with E-state index in [1.165, 1.54) is 18.5 Å². The van der Waals surface area contributed by atoms with E-state index >= 15 is 0 Å². The summed E-state index contributed by atoms with van der Waals surface area (Å²) in [5.74, 6) is -1.07. The molecule has 0 aliphatic heterocycles. The highest BCUT2D eigenvalue weighted by Gasteiger charge is 2.27. The van der Waals surface area contributed by atoms with E-state index in [-0.39, 0.29) is 78.0 Å². The Morgan fingerprint density at radius 2 is 0.756 bits per heavy atom. The third kappa shape index (κ3) is 95.8. The van der Waals surface area contributed by atoms with Gasteiger partial charge < -0.3 is 45.5 Å². The molecule has 2 rings (SSSR count). The number of ketones is 1. The summed E-state index contributed by atoms with van der Waals surface area (Å²) in [5.41, 5.74) is 5.62. The van der Waals surface area contributed by atoms with Crippen LogP contribution in [0.4, 0.5) is 0 Å². The van der Waals surface area contributed by atoms with Gasteiger partial charge in [-0.3, -0.25) is 28.8 Å². The Bertz CT molecular complexity index is 3930. The highest BCUT2D eigenvalue weighted by molar-refractivity contribution is 5.94. The lowest BCUT2D eigenvalue weighted by Gasteiger charge is -2.19. The van der Waals surface area contributed by atoms with Crippen molar-refractivity contribution in [3.05, 3.63) is 278 Å². The predicted molar refractivity (Wildman–Crippen MR) is 543 cm³/mol. The maximum absolute atomic E-state index is 13.0. The number of allylic oxidation sites excluding steroid dienone is 36. The molecule has 0 fully saturated rings. The van der Waals surface area contributed by atoms with Crippen molar-refractivity contribution in [3.63, 3.8) is 0 Å². The zero-order valence-corrected chi connectivity index (χ0v) is 81.6. The van der Waals surface area contributed by atoms with Crippen molar-refractivity contribution in [2.75, 3.05) is 26.4 Å². The summed E-state index contributed by atoms with van der Waals surface area (Å²) in [4.78, 5) is 109. The minimum absolute atomic E-state index is 0.00493. The molecular weight excluding hydrogens is 1640 g/mol. The summed E-state index contributed by atoms with van der Waals surface area (Å²) in [6.07, 6.45) is 109. The minimum atomic E-state index is -0.913. The number of Topliss-reactive ketones (excluding diaryl/α,β-unsaturated/α-hetero) is 1. The summed E-state index contributed by atoms with van der Waals surface area (Å²) in [6, 6.07) is 12.0. The van der Waals surface area contributed by atoms with Gasteiger partial charge in [0.1, 0.15) is 42.4 Å². The quantitative estimate of drug-likeness (QED) is 0.0103. The molecule has 724 valence electrons. The molecule has 131 heavy (non-hydrogen) atoms. The Morgan fingerprint density at radius 1 is 0.443 bits per heavy atom. The van der Waals surface area contributed by atoms with Crippen molar-refractivity contribution in [3.8, 4) is 24.3 Å². The van der Waals surface area contributed by atoms with E-state index in [2.05, 4.69) is 272 Å². The molecule has 0 radical (unpaired) electrons. The number of benzene rings is 2. The van der Waals surface area contributed by atoms with Crippen LogP contribution >= 0.6 is 0 Å². The van der Waals surface area contributed by atoms with Crippen molar-refractivity contribution < 1.29 is 78.5 Å². The molecule has 0 aliphatic carbocycles. The molecule has 3 atom stereocenters. The highest BCUT2D eigenvalue weighted by Crippen LogP contribution is 2.25. The van der Waals surface area contributed by atoms with Gasteiger partial charge in [-0.15, -0.1) is 12.8 Å². The number of carboxylic acid groups (broad SMARTS) is 1. The molecule has 6 N–H and O–H groups in total. The lowest BCUT2D eigenvalue weighted by atomic mass is 9.91. The van der Waals surface area contributed by atoms with Gasteiger partial charge in [-0.05, 0) is 222 Å². The Hall–Kier alpha value is -11.6. The molecule has 0 saturated carbocycles. The Kier molecular flexibility index (Phi) is 96.5. The van der Waals surface area contributed by atoms with Gasteiger partial charge in [-0.1, -0.05) is 319 Å². The number of phenolic OH excluding ortho intramolecular Hbond substituents is 1. The van der Waals surface area contributed by atoms with E-state index in [9.17, 15) is 43.5 Å². The number of aliphatic carboxylic acids is 1. The standard InChI is InChI=1S/C38H52O5.C29H45NO3.C27H43NO.C9H10O3.C6H13NO2.C2H2.CO2/c1-5-7-8-9-10-11-12-13-14-15-16-17-18-19-20-21-22-23-24-27-34(39)31-33(30-32(3)4)37(40)43-36-29-26-25-28-35(36)38(41)42-6-2;1-4-5-6-7-8-9-10-11-12-13-14-15-16-17-18-19-20-21-22-23-29(32)30-28(24-27(2)3)25-33-26-31;1-4-5-6-7-8-9-10-11-12-13-14-15-16-17-18-19-20-21-22-23-27(29)28-25-24-26(2)3;1-2-12-9(11)7-5-3-4-6-8(7)10;1-4(2)3-5(7)6(8)9;1-2;2-1-3/h7-8,10-11,13-14,16-17,19-20,22-23,25-26,28-29,32-33H,5-6,9,12,15,18,21,24,27,30-31H2,1-4H3;5-6,8-9,11-12,14-15,17-18,20-21,26-28H,4,7,10,13,16,19,22-25H2,1-3H3,(H,30,32);5-6,8-9,11-12,14-15,17-18,20-21,26H,4,7,10,13,16,19,22-25H2,1-3H3,(H,28,29);3-6,10H,2H2,1H3;4-5H,3,7H2,1-2H3,(H,8,9);1-2H;/b8-7-,11-10-,14-13-,17-16-,20-19-,23-22-;2*6-5-,9-8-,12-11-,15-14-,18-17-,21-20-;;;;/i;;;;;1D;. The van der Waals surface area contributed by atoms with E-state index in [4.69, 9.17) is 40.7 Å². The van der Waals surface area contributed by atoms with Gasteiger partial charge >= 0.3 is 30.0 Å². The largest absolute Gasteiger partial charge is 0.507 e. The Labute approximate surface area is 791 Å². The molecule has 0 spiro atoms. The van der Waals surface area contributed by atoms with E-state index in [1.807, 2.05) is 39.8 Å². The van der Waals surface area contributed by atoms with Gasteiger partial charge in [0.2, 0.25) is 11.8 Å². The smallest absolute Gasteiger partial charge is 0.373 e. The third-order valence-electron chi connectivity index (χ3n) is 17.6. The summed E-state index contributed by atoms with van der Waals surface area (Å²) >= 11 is 0. The maximum Gasteiger partial charge on any atom is 0.373 e. The number of nitrogens with one attached hydrogen (secondary N) is 2. The fraction of sp³-hybridized carbons (Fsp3) is 0.473. The lowest BCUT2D eigenvalue weighted by Crippen LogP contribution is -2.39. The van der Waals surface area contributed by atoms with E-state index < -0.39 is 35.8 Å². The number of aromatic hydroxyl groups is 1. The van der Waals surface area contributed by atoms with Crippen LogP contribution in [-0.4, -0.2) is 103 Å². The molecule has 2 amide bonds. The molecule has 2 aromatic carbocycles. The Morgan fingerprint density at radius 3 is 1.07 bits per heavy atom. The van der Waals surface area contributed by atoms with Gasteiger partial charge in [0.05, 0.1) is 25.2 Å². The molecule has 19 heteroatoms. The van der Waals surface area contributed by atoms with Gasteiger partial charge in [0.25, 0.3) is 6.47 Å². The first-order valence-corrected chi connectivity index (χ1v) is 46.9. The average molecular weight is 1810 g/mol. The summed E-state index contributed by atoms with van der Waals surface area (Å²) < 4.78 is 25.9. The number of nitrogens with two attached hydrogens (primary N) is 1. The summed E-state index contributed by atoms with van der Waals surface area (Å²) in [5, 5.41) is 23.4. The van der Waals surface area contributed by atoms with Gasteiger partial charge in [0, 0.05) is 32.2 Å². The first-order valence-electron chi connectivity index (χ1n) is 47.4. The topological polar surface area (TPSA) is 298 Å². The van der Waals surface area contributed by atoms with Gasteiger partial charge in [-0.25, -0.2) is 9.59 Å². The average Bonchev–Trinajstić information content (AvgIpc) is 0.844. The van der Waals surface area contributed by atoms with E-state index in [1.54, 1.807) is 50.2 Å². The van der Waals surface area contributed by atoms with Gasteiger partial charge in [0.15, 0.2) is 0 Å². The second-order valence-electron chi connectivity index (χ2n) is 31.3. The molecule has 0 heterocycles. The fourth-order valence-electron chi connectivity index (χ4n) is 11.2. The van der Waals surface area contributed by atoms with Crippen molar-refractivity contribution in [2.45, 2.75) is 288 Å². The number of ether oxygens (including phenoxy) is 4. The number of carbonyl (C=O) groups is 8. The monoisotopic (exact) mass is 1810 g/mol. The normalized spacial score (nSPS) is 12.5. The van der Waals surface area contributed by atoms with Crippen molar-refractivity contribution >= 4 is 54.1 Å². The van der Waals surface area contributed by atoms with Crippen LogP contribution < -0.4 is 21.1 Å². The molecule has 19 nitrogen and oxygen atoms in total. The molecule has 0 aromatic heterocycles. The zero-order valence-electron chi connectivity index (χ0n) is 82.6. The van der Waals surface area contributed by atoms with Crippen LogP contribution in [0, 0.1) is 42.4 Å². The number of terminal acetylenes is 1. The maximum atomic E-state index is 13.0. The number of amides is 2. The number of carboxylic acids is 1. The van der Waals surface area contributed by atoms with Crippen molar-refractivity contribution in [1.29, 1.82) is 0 Å². The first kappa shape index (κ1) is 126. The fourth-order valence-corrected chi connectivity index (χ4v) is 11.2. The molecule has 0 aliphatic rings. The third-order valence-corrected chi connectivity index (χ3v) is 17.6. The second-order valence-corrected chi connectivity index (χ2v) is 31.3. The second kappa shape index (κ2) is 101. The number of hydrogen-bond acceptors (Lipinski definition) is 16. The number of phenols is 1. The number of hydrogen-bond donors (Lipinski definition) is 5. The van der Waals surface area contributed by atoms with Crippen molar-refractivity contribution in [2.24, 2.45) is 35.3 Å². The molecule has 0 bridgehead atoms. The molecule has 2 aromatic rings. The van der Waals surface area contributed by atoms with Crippen LogP contribution in [0.3, 0.4) is 0 Å². The van der Waals surface area contributed by atoms with Crippen LogP contribution in [0.2, 0.25) is 0 Å². The highest BCUT2D eigenvalue weighted by atomic mass is 16.6. The molecule has 0 saturated heterocycles.